The largest absolute Gasteiger partial charge is 0.496 e. The lowest BCUT2D eigenvalue weighted by molar-refractivity contribution is -0.138. The van der Waals surface area contributed by atoms with Crippen LogP contribution in [-0.4, -0.2) is 18.2 Å². The van der Waals surface area contributed by atoms with Crippen LogP contribution in [0.3, 0.4) is 0 Å². The lowest BCUT2D eigenvalue weighted by Gasteiger charge is -2.12. The van der Waals surface area contributed by atoms with Crippen molar-refractivity contribution >= 4 is 5.97 Å². The van der Waals surface area contributed by atoms with Crippen LogP contribution in [0.5, 0.6) is 5.75 Å². The van der Waals surface area contributed by atoms with Gasteiger partial charge in [0.15, 0.2) is 0 Å². The number of carboxylic acid groups (broad SMARTS) is 1. The molecule has 14 heavy (non-hydrogen) atoms. The minimum Gasteiger partial charge on any atom is -0.496 e. The van der Waals surface area contributed by atoms with Gasteiger partial charge in [-0.2, -0.15) is 0 Å². The van der Waals surface area contributed by atoms with E-state index in [-0.39, 0.29) is 0 Å². The molecule has 0 aliphatic rings. The lowest BCUT2D eigenvalue weighted by atomic mass is 9.99. The molecule has 3 nitrogen and oxygen atoms in total. The number of carbonyl (C=O) groups is 1. The van der Waals surface area contributed by atoms with Gasteiger partial charge in [0, 0.05) is 5.56 Å². The van der Waals surface area contributed by atoms with Gasteiger partial charge < -0.3 is 9.84 Å². The van der Waals surface area contributed by atoms with Crippen molar-refractivity contribution in [3.8, 4) is 5.75 Å². The van der Waals surface area contributed by atoms with Gasteiger partial charge >= 0.3 is 5.97 Å². The summed E-state index contributed by atoms with van der Waals surface area (Å²) in [5, 5.41) is 8.87. The Morgan fingerprint density at radius 1 is 1.50 bits per heavy atom. The molecule has 0 bridgehead atoms. The van der Waals surface area contributed by atoms with Crippen LogP contribution in [0.1, 0.15) is 24.0 Å². The van der Waals surface area contributed by atoms with Crippen molar-refractivity contribution in [3.63, 3.8) is 0 Å². The number of ether oxygens (including phenoxy) is 1. The highest BCUT2D eigenvalue weighted by Crippen LogP contribution is 2.27. The summed E-state index contributed by atoms with van der Waals surface area (Å²) in [5.74, 6) is -0.738. The summed E-state index contributed by atoms with van der Waals surface area (Å²) in [6, 6.07) is 5.53. The number of methoxy groups -OCH3 is 1. The number of hydrogen-bond acceptors (Lipinski definition) is 2. The van der Waals surface area contributed by atoms with Gasteiger partial charge in [-0.3, -0.25) is 4.79 Å². The molecular weight excluding hydrogens is 180 g/mol. The number of rotatable bonds is 3. The summed E-state index contributed by atoms with van der Waals surface area (Å²) in [7, 11) is 1.55. The van der Waals surface area contributed by atoms with Crippen LogP contribution in [-0.2, 0) is 4.79 Å². The molecule has 1 rings (SSSR count). The van der Waals surface area contributed by atoms with Gasteiger partial charge in [0.2, 0.25) is 0 Å². The number of aryl methyl sites for hydroxylation is 1. The predicted molar refractivity (Wildman–Crippen MR) is 53.8 cm³/mol. The highest BCUT2D eigenvalue weighted by Gasteiger charge is 2.17. The minimum atomic E-state index is -0.841. The average Bonchev–Trinajstić information content (AvgIpc) is 2.16. The van der Waals surface area contributed by atoms with E-state index >= 15 is 0 Å². The quantitative estimate of drug-likeness (QED) is 0.802. The number of aliphatic carboxylic acids is 1. The molecule has 0 spiro atoms. The fraction of sp³-hybridized carbons (Fsp3) is 0.364. The molecule has 0 saturated heterocycles. The van der Waals surface area contributed by atoms with Crippen molar-refractivity contribution in [1.29, 1.82) is 0 Å². The normalized spacial score (nSPS) is 12.2. The Balaban J connectivity index is 3.13. The van der Waals surface area contributed by atoms with Crippen LogP contribution in [0.4, 0.5) is 0 Å². The maximum atomic E-state index is 10.8. The van der Waals surface area contributed by atoms with E-state index in [0.717, 1.165) is 5.56 Å². The standard InChI is InChI=1S/C11H14O3/c1-7-4-5-9(8(2)11(12)13)10(6-7)14-3/h4-6,8H,1-3H3,(H,12,13). The molecule has 76 valence electrons. The Bertz CT molecular complexity index is 344. The van der Waals surface area contributed by atoms with Crippen molar-refractivity contribution in [2.75, 3.05) is 7.11 Å². The molecule has 0 radical (unpaired) electrons. The summed E-state index contributed by atoms with van der Waals surface area (Å²) in [6.07, 6.45) is 0. The SMILES string of the molecule is COc1cc(C)ccc1C(C)C(=O)O. The maximum Gasteiger partial charge on any atom is 0.310 e. The highest BCUT2D eigenvalue weighted by atomic mass is 16.5. The number of benzene rings is 1. The Hall–Kier alpha value is -1.51. The van der Waals surface area contributed by atoms with Crippen LogP contribution in [0.25, 0.3) is 0 Å². The van der Waals surface area contributed by atoms with Crippen molar-refractivity contribution in [2.45, 2.75) is 19.8 Å². The number of hydrogen-bond donors (Lipinski definition) is 1. The molecule has 0 saturated carbocycles. The molecule has 1 atom stereocenters. The second-order valence-corrected chi connectivity index (χ2v) is 3.31. The van der Waals surface area contributed by atoms with Gasteiger partial charge in [0.1, 0.15) is 5.75 Å². The smallest absolute Gasteiger partial charge is 0.310 e. The van der Waals surface area contributed by atoms with Crippen molar-refractivity contribution < 1.29 is 14.6 Å². The molecule has 0 aliphatic carbocycles. The van der Waals surface area contributed by atoms with Gasteiger partial charge in [0.25, 0.3) is 0 Å². The second-order valence-electron chi connectivity index (χ2n) is 3.31. The summed E-state index contributed by atoms with van der Waals surface area (Å²) < 4.78 is 5.13. The molecule has 0 aliphatic heterocycles. The van der Waals surface area contributed by atoms with Gasteiger partial charge in [-0.1, -0.05) is 12.1 Å². The average molecular weight is 194 g/mol. The second kappa shape index (κ2) is 4.13. The Morgan fingerprint density at radius 3 is 2.64 bits per heavy atom. The van der Waals surface area contributed by atoms with Crippen molar-refractivity contribution in [1.82, 2.24) is 0 Å². The molecule has 1 unspecified atom stereocenters. The molecular formula is C11H14O3. The van der Waals surface area contributed by atoms with E-state index in [9.17, 15) is 4.79 Å². The molecule has 0 aromatic heterocycles. The van der Waals surface area contributed by atoms with Crippen LogP contribution in [0.2, 0.25) is 0 Å². The summed E-state index contributed by atoms with van der Waals surface area (Å²) in [4.78, 5) is 10.8. The van der Waals surface area contributed by atoms with E-state index in [1.807, 2.05) is 19.1 Å². The molecule has 3 heteroatoms. The van der Waals surface area contributed by atoms with E-state index in [0.29, 0.717) is 11.3 Å². The molecule has 1 N–H and O–H groups in total. The first-order chi connectivity index (χ1) is 6.56. The van der Waals surface area contributed by atoms with E-state index in [4.69, 9.17) is 9.84 Å². The minimum absolute atomic E-state index is 0.537. The zero-order valence-electron chi connectivity index (χ0n) is 8.57. The van der Waals surface area contributed by atoms with Crippen molar-refractivity contribution in [2.24, 2.45) is 0 Å². The lowest BCUT2D eigenvalue weighted by Crippen LogP contribution is -2.08. The van der Waals surface area contributed by atoms with Crippen LogP contribution < -0.4 is 4.74 Å². The van der Waals surface area contributed by atoms with Crippen LogP contribution in [0.15, 0.2) is 18.2 Å². The first-order valence-electron chi connectivity index (χ1n) is 4.43. The van der Waals surface area contributed by atoms with Crippen molar-refractivity contribution in [3.05, 3.63) is 29.3 Å². The highest BCUT2D eigenvalue weighted by molar-refractivity contribution is 5.76. The fourth-order valence-corrected chi connectivity index (χ4v) is 1.31. The molecule has 1 aromatic carbocycles. The first kappa shape index (κ1) is 10.6. The topological polar surface area (TPSA) is 46.5 Å². The Morgan fingerprint density at radius 2 is 2.14 bits per heavy atom. The zero-order valence-corrected chi connectivity index (χ0v) is 8.57. The summed E-state index contributed by atoms with van der Waals surface area (Å²) >= 11 is 0. The van der Waals surface area contributed by atoms with E-state index in [2.05, 4.69) is 0 Å². The molecule has 0 fully saturated rings. The first-order valence-corrected chi connectivity index (χ1v) is 4.43. The third kappa shape index (κ3) is 2.05. The molecule has 1 aromatic rings. The monoisotopic (exact) mass is 194 g/mol. The maximum absolute atomic E-state index is 10.8. The van der Waals surface area contributed by atoms with E-state index < -0.39 is 11.9 Å². The van der Waals surface area contributed by atoms with E-state index in [1.165, 1.54) is 0 Å². The van der Waals surface area contributed by atoms with Crippen LogP contribution >= 0.6 is 0 Å². The number of carboxylic acids is 1. The predicted octanol–water partition coefficient (Wildman–Crippen LogP) is 2.19. The van der Waals surface area contributed by atoms with Gasteiger partial charge in [-0.05, 0) is 25.5 Å². The Kier molecular flexibility index (Phi) is 3.12. The summed E-state index contributed by atoms with van der Waals surface area (Å²) in [6.45, 7) is 3.59. The molecule has 0 heterocycles. The van der Waals surface area contributed by atoms with Crippen LogP contribution in [0, 0.1) is 6.92 Å². The third-order valence-corrected chi connectivity index (χ3v) is 2.23. The van der Waals surface area contributed by atoms with Gasteiger partial charge in [-0.25, -0.2) is 0 Å². The van der Waals surface area contributed by atoms with Gasteiger partial charge in [-0.15, -0.1) is 0 Å². The molecule has 0 amide bonds. The van der Waals surface area contributed by atoms with Gasteiger partial charge in [0.05, 0.1) is 13.0 Å². The fourth-order valence-electron chi connectivity index (χ4n) is 1.31. The Labute approximate surface area is 83.3 Å². The zero-order chi connectivity index (χ0) is 10.7. The third-order valence-electron chi connectivity index (χ3n) is 2.23. The van der Waals surface area contributed by atoms with E-state index in [1.54, 1.807) is 20.1 Å². The summed E-state index contributed by atoms with van der Waals surface area (Å²) in [5.41, 5.74) is 1.77.